The monoisotopic (exact) mass is 295 g/mol. The summed E-state index contributed by atoms with van der Waals surface area (Å²) in [5.41, 5.74) is 5.22. The van der Waals surface area contributed by atoms with E-state index in [2.05, 4.69) is 23.1 Å². The van der Waals surface area contributed by atoms with Gasteiger partial charge in [0.25, 0.3) is 0 Å². The standard InChI is InChI=1S/C19H21NO2/c1-4-14(13-19(21)22)15-8-10-16(11-9-15)17-6-5-7-18(12-17)20(2)3/h5-13H,4H2,1-3H3,(H,21,22)/b14-13+. The summed E-state index contributed by atoms with van der Waals surface area (Å²) in [4.78, 5) is 12.9. The van der Waals surface area contributed by atoms with Crippen LogP contribution in [0.4, 0.5) is 5.69 Å². The topological polar surface area (TPSA) is 40.5 Å². The Kier molecular flexibility index (Phi) is 4.99. The maximum atomic E-state index is 10.9. The van der Waals surface area contributed by atoms with Crippen LogP contribution in [0.5, 0.6) is 0 Å². The number of carboxylic acids is 1. The van der Waals surface area contributed by atoms with E-state index >= 15 is 0 Å². The molecule has 0 saturated carbocycles. The highest BCUT2D eigenvalue weighted by molar-refractivity contribution is 5.90. The first-order valence-corrected chi connectivity index (χ1v) is 7.33. The Balaban J connectivity index is 2.33. The first kappa shape index (κ1) is 15.8. The van der Waals surface area contributed by atoms with Crippen LogP contribution in [0.15, 0.2) is 54.6 Å². The zero-order chi connectivity index (χ0) is 16.1. The van der Waals surface area contributed by atoms with Gasteiger partial charge in [-0.1, -0.05) is 43.3 Å². The maximum Gasteiger partial charge on any atom is 0.328 e. The van der Waals surface area contributed by atoms with E-state index < -0.39 is 5.97 Å². The molecule has 0 aliphatic heterocycles. The molecule has 2 rings (SSSR count). The van der Waals surface area contributed by atoms with Crippen LogP contribution in [0.1, 0.15) is 18.9 Å². The van der Waals surface area contributed by atoms with Gasteiger partial charge in [-0.15, -0.1) is 0 Å². The van der Waals surface area contributed by atoms with Crippen LogP contribution in [0.3, 0.4) is 0 Å². The molecule has 0 fully saturated rings. The molecule has 0 bridgehead atoms. The molecule has 0 heterocycles. The highest BCUT2D eigenvalue weighted by Gasteiger charge is 2.04. The molecular weight excluding hydrogens is 274 g/mol. The smallest absolute Gasteiger partial charge is 0.328 e. The van der Waals surface area contributed by atoms with E-state index in [1.807, 2.05) is 51.4 Å². The zero-order valence-corrected chi connectivity index (χ0v) is 13.2. The van der Waals surface area contributed by atoms with Gasteiger partial charge in [-0.3, -0.25) is 0 Å². The van der Waals surface area contributed by atoms with E-state index in [4.69, 9.17) is 5.11 Å². The van der Waals surface area contributed by atoms with Crippen LogP contribution < -0.4 is 4.90 Å². The second-order valence-corrected chi connectivity index (χ2v) is 5.38. The number of aliphatic carboxylic acids is 1. The van der Waals surface area contributed by atoms with Crippen molar-refractivity contribution in [1.82, 2.24) is 0 Å². The first-order chi connectivity index (χ1) is 10.5. The third-order valence-electron chi connectivity index (χ3n) is 3.63. The summed E-state index contributed by atoms with van der Waals surface area (Å²) in [6, 6.07) is 16.4. The molecule has 0 radical (unpaired) electrons. The molecule has 3 heteroatoms. The third-order valence-corrected chi connectivity index (χ3v) is 3.63. The van der Waals surface area contributed by atoms with E-state index in [1.54, 1.807) is 0 Å². The number of nitrogens with zero attached hydrogens (tertiary/aromatic N) is 1. The van der Waals surface area contributed by atoms with Crippen LogP contribution in [-0.2, 0) is 4.79 Å². The molecule has 2 aromatic rings. The number of benzene rings is 2. The van der Waals surface area contributed by atoms with E-state index in [9.17, 15) is 4.79 Å². The summed E-state index contributed by atoms with van der Waals surface area (Å²) in [7, 11) is 4.04. The highest BCUT2D eigenvalue weighted by atomic mass is 16.4. The number of anilines is 1. The summed E-state index contributed by atoms with van der Waals surface area (Å²) >= 11 is 0. The summed E-state index contributed by atoms with van der Waals surface area (Å²) < 4.78 is 0. The molecule has 0 aliphatic carbocycles. The van der Waals surface area contributed by atoms with Gasteiger partial charge in [0.1, 0.15) is 0 Å². The van der Waals surface area contributed by atoms with Crippen LogP contribution in [-0.4, -0.2) is 25.2 Å². The third kappa shape index (κ3) is 3.76. The van der Waals surface area contributed by atoms with Crippen molar-refractivity contribution < 1.29 is 9.90 Å². The number of allylic oxidation sites excluding steroid dienone is 1. The minimum absolute atomic E-state index is 0.696. The Hall–Kier alpha value is -2.55. The summed E-state index contributed by atoms with van der Waals surface area (Å²) in [6.07, 6.45) is 1.98. The Bertz CT molecular complexity index is 685. The van der Waals surface area contributed by atoms with Crippen molar-refractivity contribution in [2.75, 3.05) is 19.0 Å². The lowest BCUT2D eigenvalue weighted by Crippen LogP contribution is -2.08. The first-order valence-electron chi connectivity index (χ1n) is 7.33. The van der Waals surface area contributed by atoms with E-state index in [0.29, 0.717) is 6.42 Å². The van der Waals surface area contributed by atoms with Crippen LogP contribution in [0.25, 0.3) is 16.7 Å². The molecule has 2 aromatic carbocycles. The Labute approximate surface area is 131 Å². The minimum Gasteiger partial charge on any atom is -0.478 e. The lowest BCUT2D eigenvalue weighted by atomic mass is 9.98. The second kappa shape index (κ2) is 6.94. The van der Waals surface area contributed by atoms with E-state index in [0.717, 1.165) is 28.0 Å². The number of hydrogen-bond acceptors (Lipinski definition) is 2. The van der Waals surface area contributed by atoms with Gasteiger partial charge in [-0.2, -0.15) is 0 Å². The van der Waals surface area contributed by atoms with Crippen molar-refractivity contribution in [1.29, 1.82) is 0 Å². The van der Waals surface area contributed by atoms with E-state index in [1.165, 1.54) is 6.08 Å². The Morgan fingerprint density at radius 1 is 1.09 bits per heavy atom. The molecule has 0 saturated heterocycles. The highest BCUT2D eigenvalue weighted by Crippen LogP contribution is 2.26. The molecule has 22 heavy (non-hydrogen) atoms. The summed E-state index contributed by atoms with van der Waals surface area (Å²) in [5, 5.41) is 8.91. The average Bonchev–Trinajstić information content (AvgIpc) is 2.52. The number of carboxylic acid groups (broad SMARTS) is 1. The lowest BCUT2D eigenvalue weighted by molar-refractivity contribution is -0.131. The fraction of sp³-hybridized carbons (Fsp3) is 0.211. The summed E-state index contributed by atoms with van der Waals surface area (Å²) in [6.45, 7) is 1.96. The molecule has 0 unspecified atom stereocenters. The zero-order valence-electron chi connectivity index (χ0n) is 13.2. The van der Waals surface area contributed by atoms with Crippen molar-refractivity contribution in [3.8, 4) is 11.1 Å². The van der Waals surface area contributed by atoms with Crippen molar-refractivity contribution >= 4 is 17.2 Å². The fourth-order valence-electron chi connectivity index (χ4n) is 2.38. The van der Waals surface area contributed by atoms with Gasteiger partial charge >= 0.3 is 5.97 Å². The normalized spacial score (nSPS) is 11.3. The number of carbonyl (C=O) groups is 1. The van der Waals surface area contributed by atoms with Gasteiger partial charge in [0.05, 0.1) is 0 Å². The number of hydrogen-bond donors (Lipinski definition) is 1. The molecule has 114 valence electrons. The molecule has 0 atom stereocenters. The predicted octanol–water partition coefficient (Wildman–Crippen LogP) is 4.30. The average molecular weight is 295 g/mol. The molecule has 3 nitrogen and oxygen atoms in total. The minimum atomic E-state index is -0.903. The van der Waals surface area contributed by atoms with Gasteiger partial charge in [0.15, 0.2) is 0 Å². The fourth-order valence-corrected chi connectivity index (χ4v) is 2.38. The van der Waals surface area contributed by atoms with Gasteiger partial charge in [0.2, 0.25) is 0 Å². The van der Waals surface area contributed by atoms with Crippen molar-refractivity contribution in [2.24, 2.45) is 0 Å². The largest absolute Gasteiger partial charge is 0.478 e. The molecule has 0 aromatic heterocycles. The van der Waals surface area contributed by atoms with Crippen LogP contribution in [0, 0.1) is 0 Å². The van der Waals surface area contributed by atoms with Crippen molar-refractivity contribution in [3.05, 3.63) is 60.2 Å². The molecule has 0 amide bonds. The Morgan fingerprint density at radius 3 is 2.32 bits per heavy atom. The van der Waals surface area contributed by atoms with Gasteiger partial charge in [-0.05, 0) is 40.8 Å². The van der Waals surface area contributed by atoms with Crippen LogP contribution >= 0.6 is 0 Å². The summed E-state index contributed by atoms with van der Waals surface area (Å²) in [5.74, 6) is -0.903. The maximum absolute atomic E-state index is 10.9. The number of rotatable bonds is 5. The Morgan fingerprint density at radius 2 is 1.77 bits per heavy atom. The lowest BCUT2D eigenvalue weighted by Gasteiger charge is -2.14. The van der Waals surface area contributed by atoms with Gasteiger partial charge in [0, 0.05) is 25.9 Å². The quantitative estimate of drug-likeness (QED) is 0.836. The van der Waals surface area contributed by atoms with E-state index in [-0.39, 0.29) is 0 Å². The van der Waals surface area contributed by atoms with Crippen LogP contribution in [0.2, 0.25) is 0 Å². The molecule has 0 spiro atoms. The van der Waals surface area contributed by atoms with Gasteiger partial charge < -0.3 is 10.0 Å². The van der Waals surface area contributed by atoms with Gasteiger partial charge in [-0.25, -0.2) is 4.79 Å². The SMILES string of the molecule is CC/C(=C\C(=O)O)c1ccc(-c2cccc(N(C)C)c2)cc1. The van der Waals surface area contributed by atoms with Crippen molar-refractivity contribution in [2.45, 2.75) is 13.3 Å². The molecule has 0 aliphatic rings. The van der Waals surface area contributed by atoms with Crippen molar-refractivity contribution in [3.63, 3.8) is 0 Å². The molecular formula is C19H21NO2. The predicted molar refractivity (Wildman–Crippen MR) is 92.1 cm³/mol. The molecule has 1 N–H and O–H groups in total. The second-order valence-electron chi connectivity index (χ2n) is 5.38.